The second kappa shape index (κ2) is 6.75. The van der Waals surface area contributed by atoms with E-state index in [1.54, 1.807) is 29.0 Å². The van der Waals surface area contributed by atoms with Gasteiger partial charge in [-0.15, -0.1) is 10.2 Å². The number of carbonyl (C=O) groups excluding carboxylic acids is 2. The van der Waals surface area contributed by atoms with E-state index in [-0.39, 0.29) is 0 Å². The Hall–Kier alpha value is -3.94. The maximum atomic E-state index is 11.5. The number of fused-ring (bicyclic) bond motifs is 1. The van der Waals surface area contributed by atoms with Crippen LogP contribution in [-0.4, -0.2) is 36.5 Å². The smallest absolute Gasteiger partial charge is 0.291 e. The van der Waals surface area contributed by atoms with Crippen molar-refractivity contribution in [1.29, 1.82) is 0 Å². The van der Waals surface area contributed by atoms with Gasteiger partial charge in [-0.2, -0.15) is 9.61 Å². The van der Waals surface area contributed by atoms with E-state index in [2.05, 4.69) is 25.6 Å². The van der Waals surface area contributed by atoms with E-state index in [0.29, 0.717) is 17.2 Å². The van der Waals surface area contributed by atoms with Crippen LogP contribution in [0.3, 0.4) is 0 Å². The fourth-order valence-corrected chi connectivity index (χ4v) is 2.56. The first-order valence-electron chi connectivity index (χ1n) is 8.17. The summed E-state index contributed by atoms with van der Waals surface area (Å²) in [6, 6.07) is 14.5. The Labute approximate surface area is 153 Å². The standard InChI is InChI=1S/C19H14N6O2/c1-12(26)19(27)21-15-6-4-13(5-7-15)16-8-9-17-22-23-18(25(17)24-16)14-3-2-10-20-11-14/h2-11H,1H3,(H,21,27). The van der Waals surface area contributed by atoms with Crippen molar-refractivity contribution in [2.75, 3.05) is 5.32 Å². The van der Waals surface area contributed by atoms with Crippen LogP contribution in [-0.2, 0) is 9.59 Å². The van der Waals surface area contributed by atoms with Crippen LogP contribution in [0.1, 0.15) is 6.92 Å². The van der Waals surface area contributed by atoms with Gasteiger partial charge in [-0.3, -0.25) is 14.6 Å². The van der Waals surface area contributed by atoms with Gasteiger partial charge in [0.25, 0.3) is 5.91 Å². The van der Waals surface area contributed by atoms with E-state index in [4.69, 9.17) is 0 Å². The van der Waals surface area contributed by atoms with E-state index in [1.807, 2.05) is 36.4 Å². The van der Waals surface area contributed by atoms with Crippen molar-refractivity contribution in [2.24, 2.45) is 0 Å². The number of anilines is 1. The first-order valence-corrected chi connectivity index (χ1v) is 8.17. The predicted molar refractivity (Wildman–Crippen MR) is 98.8 cm³/mol. The molecule has 0 spiro atoms. The highest BCUT2D eigenvalue weighted by Gasteiger charge is 2.11. The molecule has 132 valence electrons. The number of hydrogen-bond donors (Lipinski definition) is 1. The molecule has 8 nitrogen and oxygen atoms in total. The fourth-order valence-electron chi connectivity index (χ4n) is 2.56. The SMILES string of the molecule is CC(=O)C(=O)Nc1ccc(-c2ccc3nnc(-c4cccnc4)n3n2)cc1. The van der Waals surface area contributed by atoms with Crippen molar-refractivity contribution in [3.05, 3.63) is 60.9 Å². The summed E-state index contributed by atoms with van der Waals surface area (Å²) in [6.07, 6.45) is 3.40. The summed E-state index contributed by atoms with van der Waals surface area (Å²) >= 11 is 0. The fraction of sp³-hybridized carbons (Fsp3) is 0.0526. The van der Waals surface area contributed by atoms with Gasteiger partial charge in [0.15, 0.2) is 11.5 Å². The number of amides is 1. The second-order valence-electron chi connectivity index (χ2n) is 5.84. The molecule has 3 aromatic heterocycles. The number of nitrogens with zero attached hydrogens (tertiary/aromatic N) is 5. The molecule has 0 aliphatic heterocycles. The van der Waals surface area contributed by atoms with Crippen LogP contribution in [0, 0.1) is 0 Å². The third-order valence-corrected chi connectivity index (χ3v) is 3.94. The molecule has 27 heavy (non-hydrogen) atoms. The first kappa shape index (κ1) is 16.5. The van der Waals surface area contributed by atoms with Gasteiger partial charge in [0.05, 0.1) is 5.69 Å². The Morgan fingerprint density at radius 3 is 2.48 bits per heavy atom. The zero-order valence-corrected chi connectivity index (χ0v) is 14.3. The van der Waals surface area contributed by atoms with Crippen LogP contribution in [0.25, 0.3) is 28.3 Å². The minimum absolute atomic E-state index is 0.540. The Kier molecular flexibility index (Phi) is 4.13. The van der Waals surface area contributed by atoms with Crippen molar-refractivity contribution in [3.8, 4) is 22.6 Å². The molecule has 0 radical (unpaired) electrons. The maximum Gasteiger partial charge on any atom is 0.291 e. The number of nitrogens with one attached hydrogen (secondary N) is 1. The minimum atomic E-state index is -0.645. The lowest BCUT2D eigenvalue weighted by Crippen LogP contribution is -2.19. The Balaban J connectivity index is 1.68. The monoisotopic (exact) mass is 358 g/mol. The maximum absolute atomic E-state index is 11.5. The van der Waals surface area contributed by atoms with Crippen LogP contribution >= 0.6 is 0 Å². The number of aromatic nitrogens is 5. The van der Waals surface area contributed by atoms with E-state index in [0.717, 1.165) is 16.8 Å². The number of rotatable bonds is 4. The molecule has 3 heterocycles. The van der Waals surface area contributed by atoms with Gasteiger partial charge >= 0.3 is 0 Å². The molecule has 8 heteroatoms. The summed E-state index contributed by atoms with van der Waals surface area (Å²) < 4.78 is 1.66. The lowest BCUT2D eigenvalue weighted by atomic mass is 10.1. The number of Topliss-reactive ketones (excluding diaryl/α,β-unsaturated/α-hetero) is 1. The third kappa shape index (κ3) is 3.28. The molecule has 0 atom stereocenters. The Morgan fingerprint density at radius 1 is 0.963 bits per heavy atom. The summed E-state index contributed by atoms with van der Waals surface area (Å²) in [6.45, 7) is 1.22. The van der Waals surface area contributed by atoms with Crippen molar-refractivity contribution >= 4 is 23.0 Å². The lowest BCUT2D eigenvalue weighted by molar-refractivity contribution is -0.133. The molecule has 1 N–H and O–H groups in total. The normalized spacial score (nSPS) is 10.7. The number of pyridine rings is 1. The number of benzene rings is 1. The number of carbonyl (C=O) groups is 2. The highest BCUT2D eigenvalue weighted by molar-refractivity contribution is 6.39. The van der Waals surface area contributed by atoms with E-state index < -0.39 is 11.7 Å². The topological polar surface area (TPSA) is 102 Å². The van der Waals surface area contributed by atoms with E-state index in [9.17, 15) is 9.59 Å². The summed E-state index contributed by atoms with van der Waals surface area (Å²) in [5.41, 5.74) is 3.56. The molecular formula is C19H14N6O2. The molecule has 0 saturated carbocycles. The summed E-state index contributed by atoms with van der Waals surface area (Å²) in [4.78, 5) is 26.6. The van der Waals surface area contributed by atoms with Crippen molar-refractivity contribution in [2.45, 2.75) is 6.92 Å². The highest BCUT2D eigenvalue weighted by Crippen LogP contribution is 2.22. The van der Waals surface area contributed by atoms with Gasteiger partial charge in [-0.05, 0) is 36.4 Å². The van der Waals surface area contributed by atoms with Crippen molar-refractivity contribution in [1.82, 2.24) is 24.8 Å². The summed E-state index contributed by atoms with van der Waals surface area (Å²) in [5.74, 6) is -0.583. The quantitative estimate of drug-likeness (QED) is 0.562. The van der Waals surface area contributed by atoms with Crippen LogP contribution in [0.15, 0.2) is 60.9 Å². The van der Waals surface area contributed by atoms with Gasteiger partial charge in [0.2, 0.25) is 5.78 Å². The van der Waals surface area contributed by atoms with Crippen LogP contribution in [0.4, 0.5) is 5.69 Å². The first-order chi connectivity index (χ1) is 13.1. The molecule has 0 aliphatic rings. The zero-order valence-electron chi connectivity index (χ0n) is 14.3. The molecule has 4 aromatic rings. The molecule has 0 unspecified atom stereocenters. The molecular weight excluding hydrogens is 344 g/mol. The van der Waals surface area contributed by atoms with Gasteiger partial charge in [0, 0.05) is 36.1 Å². The average molecular weight is 358 g/mol. The molecule has 1 amide bonds. The van der Waals surface area contributed by atoms with Gasteiger partial charge in [-0.1, -0.05) is 12.1 Å². The lowest BCUT2D eigenvalue weighted by Gasteiger charge is -2.06. The van der Waals surface area contributed by atoms with E-state index >= 15 is 0 Å². The minimum Gasteiger partial charge on any atom is -0.319 e. The van der Waals surface area contributed by atoms with Crippen LogP contribution in [0.2, 0.25) is 0 Å². The van der Waals surface area contributed by atoms with Crippen LogP contribution < -0.4 is 5.32 Å². The van der Waals surface area contributed by atoms with Gasteiger partial charge in [-0.25, -0.2) is 0 Å². The largest absolute Gasteiger partial charge is 0.319 e. The van der Waals surface area contributed by atoms with Crippen molar-refractivity contribution in [3.63, 3.8) is 0 Å². The van der Waals surface area contributed by atoms with E-state index in [1.165, 1.54) is 6.92 Å². The highest BCUT2D eigenvalue weighted by atomic mass is 16.2. The Bertz CT molecular complexity index is 1140. The molecule has 4 rings (SSSR count). The average Bonchev–Trinajstić information content (AvgIpc) is 3.12. The molecule has 0 saturated heterocycles. The number of hydrogen-bond acceptors (Lipinski definition) is 6. The van der Waals surface area contributed by atoms with Gasteiger partial charge < -0.3 is 5.32 Å². The van der Waals surface area contributed by atoms with Crippen molar-refractivity contribution < 1.29 is 9.59 Å². The van der Waals surface area contributed by atoms with Gasteiger partial charge in [0.1, 0.15) is 0 Å². The summed E-state index contributed by atoms with van der Waals surface area (Å²) in [7, 11) is 0. The number of ketones is 1. The molecule has 0 aliphatic carbocycles. The van der Waals surface area contributed by atoms with Crippen LogP contribution in [0.5, 0.6) is 0 Å². The Morgan fingerprint density at radius 2 is 1.78 bits per heavy atom. The zero-order chi connectivity index (χ0) is 18.8. The third-order valence-electron chi connectivity index (χ3n) is 3.94. The molecule has 0 bridgehead atoms. The summed E-state index contributed by atoms with van der Waals surface area (Å²) in [5, 5.41) is 15.5. The molecule has 1 aromatic carbocycles. The second-order valence-corrected chi connectivity index (χ2v) is 5.84. The molecule has 0 fully saturated rings. The predicted octanol–water partition coefficient (Wildman–Crippen LogP) is 2.38.